The summed E-state index contributed by atoms with van der Waals surface area (Å²) in [6, 6.07) is 14.7. The van der Waals surface area contributed by atoms with Gasteiger partial charge in [0.2, 0.25) is 0 Å². The summed E-state index contributed by atoms with van der Waals surface area (Å²) in [5.41, 5.74) is 2.39. The summed E-state index contributed by atoms with van der Waals surface area (Å²) in [4.78, 5) is 60.6. The third kappa shape index (κ3) is 11.3. The second kappa shape index (κ2) is 22.0. The van der Waals surface area contributed by atoms with Gasteiger partial charge in [0.1, 0.15) is 35.9 Å². The van der Waals surface area contributed by atoms with E-state index < -0.39 is 101 Å². The second-order valence-corrected chi connectivity index (χ2v) is 19.7. The number of alkyl halides is 1. The predicted molar refractivity (Wildman–Crippen MR) is 251 cm³/mol. The fourth-order valence-electron chi connectivity index (χ4n) is 10.5. The van der Waals surface area contributed by atoms with Crippen molar-refractivity contribution in [1.29, 1.82) is 0 Å². The van der Waals surface area contributed by atoms with E-state index >= 15 is 4.39 Å². The van der Waals surface area contributed by atoms with Gasteiger partial charge < -0.3 is 54.2 Å². The fraction of sp³-hybridized carbons (Fsp3) is 0.640. The third-order valence-electron chi connectivity index (χ3n) is 14.3. The number of anilines is 1. The molecule has 6 rings (SSSR count). The van der Waals surface area contributed by atoms with E-state index in [1.165, 1.54) is 18.9 Å². The molecule has 0 bridgehead atoms. The Morgan fingerprint density at radius 3 is 2.30 bits per heavy atom. The van der Waals surface area contributed by atoms with E-state index in [-0.39, 0.29) is 38.4 Å². The van der Waals surface area contributed by atoms with Gasteiger partial charge in [-0.05, 0) is 78.2 Å². The molecule has 2 aromatic carbocycles. The minimum atomic E-state index is -3.27. The molecule has 0 spiro atoms. The average Bonchev–Trinajstić information content (AvgIpc) is 3.89. The largest absolute Gasteiger partial charge is 0.455 e. The Bertz CT molecular complexity index is 2250. The minimum Gasteiger partial charge on any atom is -0.455 e. The van der Waals surface area contributed by atoms with E-state index in [2.05, 4.69) is 10.3 Å². The number of nitrogens with two attached hydrogens (primary N) is 1. The SMILES string of the molecule is CC[C@H]1OC(=O)[C@@](C)(F)C(=O)[C@H](C)[C@@H](O[C@@H]2O[C@H](COCc3ccccc3)[C@@H](O)[C@H](N(C)C)[C@H]2O)[C@@](C)(OC)C[C@@H](C)C(=O)[C@H](C)[C@H]2N(CCCCn3cc(-c4cccc(N)c4)nn3)C(=O)O[C@]12C. The van der Waals surface area contributed by atoms with Crippen LogP contribution in [0.1, 0.15) is 79.7 Å². The molecule has 380 valence electrons. The van der Waals surface area contributed by atoms with Crippen LogP contribution in [0.5, 0.6) is 0 Å². The Morgan fingerprint density at radius 1 is 0.957 bits per heavy atom. The van der Waals surface area contributed by atoms with Crippen LogP contribution < -0.4 is 5.73 Å². The smallest absolute Gasteiger partial charge is 0.410 e. The number of fused-ring (bicyclic) bond motifs is 1. The molecule has 3 fully saturated rings. The number of Topliss-reactive ketones (excluding diaryl/α,β-unsaturated/α-hetero) is 2. The highest BCUT2D eigenvalue weighted by atomic mass is 19.1. The molecule has 0 saturated carbocycles. The number of aliphatic hydroxyl groups is 2. The van der Waals surface area contributed by atoms with Gasteiger partial charge in [-0.2, -0.15) is 0 Å². The quantitative estimate of drug-likeness (QED) is 0.0807. The van der Waals surface area contributed by atoms with Gasteiger partial charge in [-0.1, -0.05) is 75.4 Å². The zero-order chi connectivity index (χ0) is 50.6. The summed E-state index contributed by atoms with van der Waals surface area (Å²) < 4.78 is 55.8. The Balaban J connectivity index is 1.28. The minimum absolute atomic E-state index is 0.0390. The topological polar surface area (TPSA) is 227 Å². The number of unbranched alkanes of at least 4 members (excludes halogenated alkanes) is 1. The molecule has 0 unspecified atom stereocenters. The second-order valence-electron chi connectivity index (χ2n) is 19.7. The van der Waals surface area contributed by atoms with E-state index in [0.717, 1.165) is 18.1 Å². The highest BCUT2D eigenvalue weighted by molar-refractivity contribution is 6.08. The summed E-state index contributed by atoms with van der Waals surface area (Å²) in [6.07, 6.45) is -6.09. The van der Waals surface area contributed by atoms with Crippen molar-refractivity contribution in [3.05, 3.63) is 66.4 Å². The lowest BCUT2D eigenvalue weighted by molar-refractivity contribution is -0.321. The number of hydrogen-bond donors (Lipinski definition) is 3. The monoisotopic (exact) mass is 967 g/mol. The van der Waals surface area contributed by atoms with E-state index in [1.54, 1.807) is 76.6 Å². The molecule has 3 saturated heterocycles. The summed E-state index contributed by atoms with van der Waals surface area (Å²) >= 11 is 0. The van der Waals surface area contributed by atoms with E-state index in [1.807, 2.05) is 42.5 Å². The highest BCUT2D eigenvalue weighted by Gasteiger charge is 2.62. The van der Waals surface area contributed by atoms with Gasteiger partial charge in [0, 0.05) is 49.2 Å². The van der Waals surface area contributed by atoms with Gasteiger partial charge in [-0.25, -0.2) is 14.0 Å². The van der Waals surface area contributed by atoms with Crippen molar-refractivity contribution in [2.24, 2.45) is 17.8 Å². The van der Waals surface area contributed by atoms with Gasteiger partial charge in [-0.3, -0.25) is 14.3 Å². The normalized spacial score (nSPS) is 34.9. The first-order valence-corrected chi connectivity index (χ1v) is 23.8. The lowest BCUT2D eigenvalue weighted by atomic mass is 9.73. The molecule has 1 aromatic heterocycles. The number of aliphatic hydroxyl groups excluding tert-OH is 2. The first-order chi connectivity index (χ1) is 32.6. The van der Waals surface area contributed by atoms with Gasteiger partial charge in [0.05, 0.1) is 43.2 Å². The number of hydrogen-bond acceptors (Lipinski definition) is 16. The Morgan fingerprint density at radius 2 is 1.65 bits per heavy atom. The number of amides is 1. The van der Waals surface area contributed by atoms with Crippen molar-refractivity contribution in [3.8, 4) is 11.3 Å². The van der Waals surface area contributed by atoms with Crippen LogP contribution >= 0.6 is 0 Å². The third-order valence-corrected chi connectivity index (χ3v) is 14.3. The van der Waals surface area contributed by atoms with E-state index in [0.29, 0.717) is 30.8 Å². The van der Waals surface area contributed by atoms with Crippen molar-refractivity contribution >= 4 is 29.3 Å². The zero-order valence-corrected chi connectivity index (χ0v) is 41.4. The van der Waals surface area contributed by atoms with Gasteiger partial charge in [0.25, 0.3) is 5.67 Å². The van der Waals surface area contributed by atoms with Crippen molar-refractivity contribution < 1.29 is 62.2 Å². The number of cyclic esters (lactones) is 1. The first kappa shape index (κ1) is 53.5. The lowest BCUT2D eigenvalue weighted by Gasteiger charge is -2.49. The van der Waals surface area contributed by atoms with Crippen molar-refractivity contribution in [2.75, 3.05) is 40.1 Å². The molecule has 3 aliphatic heterocycles. The van der Waals surface area contributed by atoms with E-state index in [4.69, 9.17) is 34.2 Å². The number of nitrogens with zero attached hydrogens (tertiary/aromatic N) is 5. The van der Waals surface area contributed by atoms with Crippen LogP contribution in [0.4, 0.5) is 14.9 Å². The molecule has 19 heteroatoms. The molecule has 69 heavy (non-hydrogen) atoms. The van der Waals surface area contributed by atoms with Gasteiger partial charge in [-0.15, -0.1) is 5.10 Å². The number of esters is 1. The average molecular weight is 967 g/mol. The molecule has 4 heterocycles. The van der Waals surface area contributed by atoms with Crippen molar-refractivity contribution in [1.82, 2.24) is 24.8 Å². The lowest BCUT2D eigenvalue weighted by Crippen LogP contribution is -2.66. The molecule has 1 amide bonds. The number of carbonyl (C=O) groups is 4. The molecular formula is C50H71FN6O12. The predicted octanol–water partition coefficient (Wildman–Crippen LogP) is 4.77. The van der Waals surface area contributed by atoms with Gasteiger partial charge in [0.15, 0.2) is 17.7 Å². The molecule has 14 atom stereocenters. The number of methoxy groups -OCH3 is 1. The summed E-state index contributed by atoms with van der Waals surface area (Å²) in [5, 5.41) is 31.8. The number of likely N-dealkylation sites (N-methyl/N-ethyl adjacent to an activating group) is 1. The van der Waals surface area contributed by atoms with Crippen LogP contribution in [0.25, 0.3) is 11.3 Å². The van der Waals surface area contributed by atoms with Crippen LogP contribution in [0, 0.1) is 17.8 Å². The number of benzene rings is 2. The maximum atomic E-state index is 17.2. The number of rotatable bonds is 15. The van der Waals surface area contributed by atoms with Gasteiger partial charge >= 0.3 is 12.1 Å². The van der Waals surface area contributed by atoms with Crippen molar-refractivity contribution in [2.45, 2.75) is 153 Å². The molecule has 0 radical (unpaired) electrons. The standard InChI is InChI=1S/C50H71FN6O12/c1-11-37-50(7)42(57(47(63)69-50)23-16-15-22-56-26-35(53-54-56)33-20-17-21-34(52)24-33)30(3)39(58)29(2)25-48(5,64-10)44(31(4)43(61)49(6,51)46(62)67-37)68-45-41(60)38(55(8)9)40(59)36(66-45)28-65-27-32-18-13-12-14-19-32/h12-14,17-21,24,26,29-31,36-38,40-42,44-45,59-60H,11,15-16,22-23,25,27-28,52H2,1-10H3/t29-,30+,31+,36-,37-,38+,40-,41-,42-,44-,45+,48+,49+,50-/m1/s1. The van der Waals surface area contributed by atoms with Crippen LogP contribution in [0.2, 0.25) is 0 Å². The summed E-state index contributed by atoms with van der Waals surface area (Å²) in [7, 11) is 4.69. The molecule has 3 aromatic rings. The maximum Gasteiger partial charge on any atom is 0.410 e. The van der Waals surface area contributed by atoms with Crippen LogP contribution in [-0.4, -0.2) is 159 Å². The van der Waals surface area contributed by atoms with E-state index in [9.17, 15) is 29.4 Å². The number of ketones is 2. The fourth-order valence-corrected chi connectivity index (χ4v) is 10.5. The number of nitrogen functional groups attached to an aromatic ring is 1. The highest BCUT2D eigenvalue weighted by Crippen LogP contribution is 2.44. The van der Waals surface area contributed by atoms with Crippen molar-refractivity contribution in [3.63, 3.8) is 0 Å². The Hall–Kier alpha value is -4.89. The molecular weight excluding hydrogens is 896 g/mol. The Labute approximate surface area is 403 Å². The maximum absolute atomic E-state index is 17.2. The molecule has 0 aliphatic carbocycles. The number of carbonyl (C=O) groups excluding carboxylic acids is 4. The molecule has 3 aliphatic rings. The van der Waals surface area contributed by atoms with Crippen LogP contribution in [0.3, 0.4) is 0 Å². The summed E-state index contributed by atoms with van der Waals surface area (Å²) in [6.45, 7) is 11.1. The zero-order valence-electron chi connectivity index (χ0n) is 41.4. The first-order valence-electron chi connectivity index (χ1n) is 23.8. The number of aryl methyl sites for hydroxylation is 1. The van der Waals surface area contributed by atoms with Crippen LogP contribution in [-0.2, 0) is 56.0 Å². The number of halogens is 1. The number of ether oxygens (including phenoxy) is 6. The molecule has 4 N–H and O–H groups in total. The number of aromatic nitrogens is 3. The molecule has 18 nitrogen and oxygen atoms in total. The summed E-state index contributed by atoms with van der Waals surface area (Å²) in [5.74, 6) is -6.29. The van der Waals surface area contributed by atoms with Crippen LogP contribution in [0.15, 0.2) is 60.8 Å². The Kier molecular flexibility index (Phi) is 17.1.